The molecule has 1 aromatic rings. The molecule has 2 aliphatic rings. The highest BCUT2D eigenvalue weighted by Crippen LogP contribution is 2.32. The van der Waals surface area contributed by atoms with Gasteiger partial charge in [0.05, 0.1) is 18.4 Å². The Bertz CT molecular complexity index is 809. The number of hydrogen-bond donors (Lipinski definition) is 0. The molecule has 0 aromatic heterocycles. The lowest BCUT2D eigenvalue weighted by Gasteiger charge is -2.18. The number of rotatable bonds is 4. The van der Waals surface area contributed by atoms with Gasteiger partial charge in [-0.25, -0.2) is 9.69 Å². The molecule has 9 nitrogen and oxygen atoms in total. The Morgan fingerprint density at radius 3 is 2.16 bits per heavy atom. The first-order valence-corrected chi connectivity index (χ1v) is 7.24. The van der Waals surface area contributed by atoms with Crippen molar-refractivity contribution < 1.29 is 33.5 Å². The van der Waals surface area contributed by atoms with Gasteiger partial charge in [-0.1, -0.05) is 0 Å². The van der Waals surface area contributed by atoms with Crippen LogP contribution in [0, 0.1) is 0 Å². The Labute approximate surface area is 141 Å². The van der Waals surface area contributed by atoms with E-state index >= 15 is 0 Å². The minimum Gasteiger partial charge on any atom is -0.495 e. The van der Waals surface area contributed by atoms with Crippen molar-refractivity contribution in [2.45, 2.75) is 12.8 Å². The molecule has 0 atom stereocenters. The number of carbonyl (C=O) groups excluding carboxylic acids is 5. The average Bonchev–Trinajstić information content (AvgIpc) is 3.10. The summed E-state index contributed by atoms with van der Waals surface area (Å²) in [5.41, 5.74) is -0.00757. The van der Waals surface area contributed by atoms with Crippen LogP contribution in [0.1, 0.15) is 23.2 Å². The predicted octanol–water partition coefficient (Wildman–Crippen LogP) is 0.345. The van der Waals surface area contributed by atoms with Crippen LogP contribution in [-0.4, -0.2) is 41.8 Å². The summed E-state index contributed by atoms with van der Waals surface area (Å²) in [6.07, 6.45) is 2.13. The van der Waals surface area contributed by atoms with Crippen LogP contribution < -0.4 is 9.64 Å². The number of benzene rings is 1. The molecule has 2 aliphatic heterocycles. The summed E-state index contributed by atoms with van der Waals surface area (Å²) in [5.74, 6) is -3.17. The number of anilines is 1. The number of nitrogens with zero attached hydrogens (tertiary/aromatic N) is 2. The van der Waals surface area contributed by atoms with E-state index in [0.29, 0.717) is 5.06 Å². The molecule has 0 saturated carbocycles. The van der Waals surface area contributed by atoms with Crippen LogP contribution in [0.3, 0.4) is 0 Å². The molecule has 1 saturated heterocycles. The lowest BCUT2D eigenvalue weighted by Crippen LogP contribution is -2.32. The zero-order valence-electron chi connectivity index (χ0n) is 13.1. The quantitative estimate of drug-likeness (QED) is 0.725. The highest BCUT2D eigenvalue weighted by Gasteiger charge is 2.34. The van der Waals surface area contributed by atoms with E-state index in [9.17, 15) is 24.0 Å². The van der Waals surface area contributed by atoms with Gasteiger partial charge in [0.15, 0.2) is 0 Å². The molecule has 0 spiro atoms. The van der Waals surface area contributed by atoms with E-state index in [1.54, 1.807) is 0 Å². The van der Waals surface area contributed by atoms with Gasteiger partial charge in [-0.05, 0) is 18.2 Å². The number of carbonyl (C=O) groups is 5. The molecular weight excluding hydrogens is 332 g/mol. The van der Waals surface area contributed by atoms with Crippen LogP contribution in [0.4, 0.5) is 5.69 Å². The Balaban J connectivity index is 1.90. The lowest BCUT2D eigenvalue weighted by molar-refractivity contribution is -0.172. The van der Waals surface area contributed by atoms with Crippen LogP contribution >= 0.6 is 0 Å². The van der Waals surface area contributed by atoms with Gasteiger partial charge in [-0.15, -0.1) is 5.06 Å². The summed E-state index contributed by atoms with van der Waals surface area (Å²) in [6.45, 7) is 0. The van der Waals surface area contributed by atoms with E-state index in [-0.39, 0.29) is 29.8 Å². The third kappa shape index (κ3) is 2.87. The van der Waals surface area contributed by atoms with Crippen LogP contribution in [0.15, 0.2) is 30.4 Å². The summed E-state index contributed by atoms with van der Waals surface area (Å²) in [7, 11) is 1.34. The van der Waals surface area contributed by atoms with Gasteiger partial charge in [0.1, 0.15) is 5.75 Å². The fraction of sp³-hybridized carbons (Fsp3) is 0.188. The number of ether oxygens (including phenoxy) is 1. The monoisotopic (exact) mass is 344 g/mol. The van der Waals surface area contributed by atoms with Gasteiger partial charge < -0.3 is 9.57 Å². The van der Waals surface area contributed by atoms with Gasteiger partial charge >= 0.3 is 5.97 Å². The molecule has 0 unspecified atom stereocenters. The summed E-state index contributed by atoms with van der Waals surface area (Å²) in [6, 6.07) is 3.92. The van der Waals surface area contributed by atoms with Crippen molar-refractivity contribution in [2.24, 2.45) is 0 Å². The minimum absolute atomic E-state index is 0.0254. The summed E-state index contributed by atoms with van der Waals surface area (Å²) >= 11 is 0. The molecule has 0 radical (unpaired) electrons. The van der Waals surface area contributed by atoms with Crippen LogP contribution in [0.2, 0.25) is 0 Å². The maximum absolute atomic E-state index is 12.2. The first-order valence-electron chi connectivity index (χ1n) is 7.24. The molecule has 0 aliphatic carbocycles. The zero-order chi connectivity index (χ0) is 18.1. The highest BCUT2D eigenvalue weighted by atomic mass is 16.7. The molecule has 128 valence electrons. The third-order valence-electron chi connectivity index (χ3n) is 3.64. The van der Waals surface area contributed by atoms with Crippen molar-refractivity contribution in [1.29, 1.82) is 0 Å². The first kappa shape index (κ1) is 16.4. The van der Waals surface area contributed by atoms with Crippen molar-refractivity contribution in [1.82, 2.24) is 5.06 Å². The maximum Gasteiger partial charge on any atom is 0.364 e. The average molecular weight is 344 g/mol. The zero-order valence-corrected chi connectivity index (χ0v) is 13.1. The van der Waals surface area contributed by atoms with Gasteiger partial charge in [-0.2, -0.15) is 0 Å². The minimum atomic E-state index is -0.973. The largest absolute Gasteiger partial charge is 0.495 e. The van der Waals surface area contributed by atoms with Crippen molar-refractivity contribution in [3.05, 3.63) is 35.9 Å². The van der Waals surface area contributed by atoms with Gasteiger partial charge in [-0.3, -0.25) is 19.2 Å². The van der Waals surface area contributed by atoms with Crippen molar-refractivity contribution >= 4 is 35.3 Å². The number of hydrogen-bond acceptors (Lipinski definition) is 7. The lowest BCUT2D eigenvalue weighted by atomic mass is 10.1. The number of imide groups is 2. The predicted molar refractivity (Wildman–Crippen MR) is 81.1 cm³/mol. The SMILES string of the molecule is COc1ccc(C(=O)ON2C(=O)CCC2=O)cc1N1C(=O)C=CC1=O. The van der Waals surface area contributed by atoms with Crippen LogP contribution in [-0.2, 0) is 24.0 Å². The maximum atomic E-state index is 12.2. The molecule has 4 amide bonds. The normalized spacial score (nSPS) is 16.8. The second kappa shape index (κ2) is 6.19. The highest BCUT2D eigenvalue weighted by molar-refractivity contribution is 6.28. The van der Waals surface area contributed by atoms with E-state index in [1.807, 2.05) is 0 Å². The fourth-order valence-electron chi connectivity index (χ4n) is 2.42. The van der Waals surface area contributed by atoms with E-state index in [0.717, 1.165) is 17.1 Å². The van der Waals surface area contributed by atoms with E-state index in [4.69, 9.17) is 9.57 Å². The summed E-state index contributed by atoms with van der Waals surface area (Å²) in [4.78, 5) is 64.6. The molecule has 25 heavy (non-hydrogen) atoms. The second-order valence-electron chi connectivity index (χ2n) is 5.19. The molecule has 2 heterocycles. The van der Waals surface area contributed by atoms with Crippen molar-refractivity contribution in [2.75, 3.05) is 12.0 Å². The molecule has 0 bridgehead atoms. The van der Waals surface area contributed by atoms with Crippen molar-refractivity contribution in [3.63, 3.8) is 0 Å². The summed E-state index contributed by atoms with van der Waals surface area (Å²) < 4.78 is 5.11. The Morgan fingerprint density at radius 1 is 1.00 bits per heavy atom. The molecular formula is C16H12N2O7. The smallest absolute Gasteiger partial charge is 0.364 e. The van der Waals surface area contributed by atoms with E-state index in [2.05, 4.69) is 0 Å². The molecule has 1 fully saturated rings. The number of amides is 4. The Morgan fingerprint density at radius 2 is 1.60 bits per heavy atom. The molecule has 9 heteroatoms. The molecule has 0 N–H and O–H groups in total. The topological polar surface area (TPSA) is 110 Å². The molecule has 1 aromatic carbocycles. The third-order valence-corrected chi connectivity index (χ3v) is 3.64. The van der Waals surface area contributed by atoms with Gasteiger partial charge in [0, 0.05) is 25.0 Å². The van der Waals surface area contributed by atoms with Crippen molar-refractivity contribution in [3.8, 4) is 5.75 Å². The van der Waals surface area contributed by atoms with Crippen LogP contribution in [0.25, 0.3) is 0 Å². The van der Waals surface area contributed by atoms with Gasteiger partial charge in [0.2, 0.25) is 0 Å². The van der Waals surface area contributed by atoms with Crippen LogP contribution in [0.5, 0.6) is 5.75 Å². The standard InChI is InChI=1S/C16H12N2O7/c1-24-11-3-2-9(8-10(11)17-12(19)4-5-13(17)20)16(23)25-18-14(21)6-7-15(18)22/h2-5,8H,6-7H2,1H3. The fourth-order valence-corrected chi connectivity index (χ4v) is 2.42. The summed E-state index contributed by atoms with van der Waals surface area (Å²) in [5, 5.41) is 0.417. The number of hydroxylamine groups is 2. The second-order valence-corrected chi connectivity index (χ2v) is 5.19. The van der Waals surface area contributed by atoms with Gasteiger partial charge in [0.25, 0.3) is 23.6 Å². The van der Waals surface area contributed by atoms with E-state index in [1.165, 1.54) is 25.3 Å². The number of methoxy groups -OCH3 is 1. The molecule has 3 rings (SSSR count). The first-order chi connectivity index (χ1) is 11.9. The Hall–Kier alpha value is -3.49. The Kier molecular flexibility index (Phi) is 4.05. The van der Waals surface area contributed by atoms with E-state index < -0.39 is 29.6 Å².